The van der Waals surface area contributed by atoms with Crippen molar-refractivity contribution in [2.75, 3.05) is 26.2 Å². The molecular weight excluding hydrogens is 425 g/mol. The maximum Gasteiger partial charge on any atom is 0.410 e. The summed E-state index contributed by atoms with van der Waals surface area (Å²) < 4.78 is 25.4. The fraction of sp³-hybridized carbons (Fsp3) is 0.320. The highest BCUT2D eigenvalue weighted by Crippen LogP contribution is 2.30. The molecule has 1 aliphatic heterocycles. The highest BCUT2D eigenvalue weighted by molar-refractivity contribution is 6.00. The Hall–Kier alpha value is -3.68. The molecule has 0 bridgehead atoms. The van der Waals surface area contributed by atoms with Crippen LogP contribution in [-0.4, -0.2) is 58.6 Å². The van der Waals surface area contributed by atoms with Crippen molar-refractivity contribution in [2.24, 2.45) is 0 Å². The molecule has 1 aliphatic rings. The van der Waals surface area contributed by atoms with Crippen LogP contribution in [0.3, 0.4) is 0 Å². The van der Waals surface area contributed by atoms with E-state index in [2.05, 4.69) is 4.98 Å². The van der Waals surface area contributed by atoms with Crippen molar-refractivity contribution >= 4 is 12.0 Å². The molecule has 8 heteroatoms. The number of hydrogen-bond acceptors (Lipinski definition) is 5. The summed E-state index contributed by atoms with van der Waals surface area (Å²) in [7, 11) is 0. The molecule has 0 unspecified atom stereocenters. The molecular formula is C25H26FN3O4. The van der Waals surface area contributed by atoms with E-state index in [1.807, 2.05) is 20.8 Å². The Kier molecular flexibility index (Phi) is 6.18. The molecule has 7 nitrogen and oxygen atoms in total. The number of benzene rings is 2. The van der Waals surface area contributed by atoms with Gasteiger partial charge in [-0.15, -0.1) is 0 Å². The van der Waals surface area contributed by atoms with Gasteiger partial charge in [-0.1, -0.05) is 24.3 Å². The highest BCUT2D eigenvalue weighted by atomic mass is 19.1. The number of nitrogens with zero attached hydrogens (tertiary/aromatic N) is 3. The molecule has 33 heavy (non-hydrogen) atoms. The van der Waals surface area contributed by atoms with Crippen molar-refractivity contribution in [1.82, 2.24) is 14.8 Å². The third-order valence-corrected chi connectivity index (χ3v) is 5.25. The Morgan fingerprint density at radius 2 is 1.55 bits per heavy atom. The minimum atomic E-state index is -0.569. The van der Waals surface area contributed by atoms with Crippen LogP contribution in [0, 0.1) is 5.82 Å². The van der Waals surface area contributed by atoms with E-state index in [-0.39, 0.29) is 23.7 Å². The molecule has 0 saturated carbocycles. The Balaban J connectivity index is 1.50. The van der Waals surface area contributed by atoms with Gasteiger partial charge in [-0.05, 0) is 45.0 Å². The summed E-state index contributed by atoms with van der Waals surface area (Å²) in [5, 5.41) is 0. The van der Waals surface area contributed by atoms with Gasteiger partial charge in [0, 0.05) is 31.7 Å². The van der Waals surface area contributed by atoms with E-state index in [0.717, 1.165) is 0 Å². The van der Waals surface area contributed by atoms with Crippen LogP contribution >= 0.6 is 0 Å². The summed E-state index contributed by atoms with van der Waals surface area (Å²) in [6, 6.07) is 13.3. The Morgan fingerprint density at radius 1 is 0.939 bits per heavy atom. The number of rotatable bonds is 3. The van der Waals surface area contributed by atoms with Crippen molar-refractivity contribution in [3.8, 4) is 22.8 Å². The van der Waals surface area contributed by atoms with Crippen LogP contribution in [0.4, 0.5) is 9.18 Å². The van der Waals surface area contributed by atoms with Gasteiger partial charge in [-0.25, -0.2) is 14.2 Å². The van der Waals surface area contributed by atoms with Crippen LogP contribution in [-0.2, 0) is 4.74 Å². The molecule has 1 saturated heterocycles. The average molecular weight is 451 g/mol. The van der Waals surface area contributed by atoms with E-state index in [0.29, 0.717) is 42.9 Å². The zero-order chi connectivity index (χ0) is 23.6. The summed E-state index contributed by atoms with van der Waals surface area (Å²) in [5.41, 5.74) is 0.698. The van der Waals surface area contributed by atoms with Gasteiger partial charge in [0.25, 0.3) is 5.91 Å². The van der Waals surface area contributed by atoms with E-state index in [4.69, 9.17) is 9.15 Å². The van der Waals surface area contributed by atoms with E-state index < -0.39 is 11.4 Å². The zero-order valence-electron chi connectivity index (χ0n) is 18.9. The lowest BCUT2D eigenvalue weighted by atomic mass is 10.1. The molecule has 0 spiro atoms. The lowest BCUT2D eigenvalue weighted by Crippen LogP contribution is -2.51. The number of carbonyl (C=O) groups excluding carboxylic acids is 2. The average Bonchev–Trinajstić information content (AvgIpc) is 3.28. The number of oxazole rings is 1. The quantitative estimate of drug-likeness (QED) is 0.570. The molecule has 0 aliphatic carbocycles. The normalized spacial score (nSPS) is 14.3. The minimum absolute atomic E-state index is 0.180. The monoisotopic (exact) mass is 451 g/mol. The van der Waals surface area contributed by atoms with Crippen molar-refractivity contribution in [3.63, 3.8) is 0 Å². The zero-order valence-corrected chi connectivity index (χ0v) is 18.9. The van der Waals surface area contributed by atoms with Crippen molar-refractivity contribution in [2.45, 2.75) is 26.4 Å². The number of amides is 2. The molecule has 2 amide bonds. The molecule has 1 aromatic heterocycles. The van der Waals surface area contributed by atoms with E-state index in [1.165, 1.54) is 12.3 Å². The fourth-order valence-corrected chi connectivity index (χ4v) is 3.63. The number of aromatic nitrogens is 1. The summed E-state index contributed by atoms with van der Waals surface area (Å²) >= 11 is 0. The maximum atomic E-state index is 14.1. The molecule has 2 aromatic carbocycles. The van der Waals surface area contributed by atoms with E-state index in [9.17, 15) is 14.0 Å². The Morgan fingerprint density at radius 3 is 2.21 bits per heavy atom. The molecule has 0 atom stereocenters. The number of ether oxygens (including phenoxy) is 1. The predicted octanol–water partition coefficient (Wildman–Crippen LogP) is 4.84. The molecule has 4 rings (SSSR count). The van der Waals surface area contributed by atoms with Gasteiger partial charge >= 0.3 is 6.09 Å². The number of piperazine rings is 1. The third-order valence-electron chi connectivity index (χ3n) is 5.25. The fourth-order valence-electron chi connectivity index (χ4n) is 3.63. The van der Waals surface area contributed by atoms with Gasteiger partial charge in [0.05, 0.1) is 17.3 Å². The lowest BCUT2D eigenvalue weighted by Gasteiger charge is -2.35. The van der Waals surface area contributed by atoms with Crippen LogP contribution < -0.4 is 0 Å². The topological polar surface area (TPSA) is 75.9 Å². The molecule has 3 aromatic rings. The summed E-state index contributed by atoms with van der Waals surface area (Å²) in [5.74, 6) is -0.0616. The van der Waals surface area contributed by atoms with Crippen LogP contribution in [0.25, 0.3) is 22.8 Å². The highest BCUT2D eigenvalue weighted by Gasteiger charge is 2.29. The first-order valence-electron chi connectivity index (χ1n) is 10.8. The molecule has 172 valence electrons. The van der Waals surface area contributed by atoms with Gasteiger partial charge < -0.3 is 19.0 Å². The molecule has 0 N–H and O–H groups in total. The lowest BCUT2D eigenvalue weighted by molar-refractivity contribution is 0.0141. The van der Waals surface area contributed by atoms with Crippen LogP contribution in [0.15, 0.2) is 59.1 Å². The summed E-state index contributed by atoms with van der Waals surface area (Å²) in [6.45, 7) is 7.01. The second kappa shape index (κ2) is 9.05. The first-order valence-corrected chi connectivity index (χ1v) is 10.8. The number of carbonyl (C=O) groups is 2. The van der Waals surface area contributed by atoms with E-state index >= 15 is 0 Å². The largest absolute Gasteiger partial charge is 0.444 e. The van der Waals surface area contributed by atoms with Gasteiger partial charge in [-0.3, -0.25) is 4.79 Å². The first-order chi connectivity index (χ1) is 15.7. The minimum Gasteiger partial charge on any atom is -0.444 e. The van der Waals surface area contributed by atoms with Gasteiger partial charge in [0.2, 0.25) is 5.89 Å². The van der Waals surface area contributed by atoms with Gasteiger partial charge in [0.1, 0.15) is 11.4 Å². The second-order valence-corrected chi connectivity index (χ2v) is 8.81. The Labute approximate surface area is 191 Å². The SMILES string of the molecule is CC(C)(C)OC(=O)N1CCN(C(=O)c2ccccc2-c2ncc(-c3ccccc3F)o2)CC1. The summed E-state index contributed by atoms with van der Waals surface area (Å²) in [6.07, 6.45) is 1.07. The van der Waals surface area contributed by atoms with E-state index in [1.54, 1.807) is 52.3 Å². The third kappa shape index (κ3) is 5.05. The van der Waals surface area contributed by atoms with Crippen LogP contribution in [0.1, 0.15) is 31.1 Å². The van der Waals surface area contributed by atoms with Crippen LogP contribution in [0.5, 0.6) is 0 Å². The van der Waals surface area contributed by atoms with Crippen molar-refractivity contribution in [3.05, 3.63) is 66.1 Å². The second-order valence-electron chi connectivity index (χ2n) is 8.81. The number of hydrogen-bond donors (Lipinski definition) is 0. The summed E-state index contributed by atoms with van der Waals surface area (Å²) in [4.78, 5) is 33.2. The molecule has 1 fully saturated rings. The maximum absolute atomic E-state index is 14.1. The van der Waals surface area contributed by atoms with Gasteiger partial charge in [0.15, 0.2) is 5.76 Å². The molecule has 2 heterocycles. The molecule has 0 radical (unpaired) electrons. The van der Waals surface area contributed by atoms with Crippen molar-refractivity contribution < 1.29 is 23.1 Å². The smallest absolute Gasteiger partial charge is 0.410 e. The first kappa shape index (κ1) is 22.5. The van der Waals surface area contributed by atoms with Gasteiger partial charge in [-0.2, -0.15) is 0 Å². The predicted molar refractivity (Wildman–Crippen MR) is 121 cm³/mol. The Bertz CT molecular complexity index is 1160. The van der Waals surface area contributed by atoms with Crippen molar-refractivity contribution in [1.29, 1.82) is 0 Å². The van der Waals surface area contributed by atoms with Crippen LogP contribution in [0.2, 0.25) is 0 Å². The standard InChI is InChI=1S/C25H26FN3O4/c1-25(2,3)33-24(31)29-14-12-28(13-15-29)23(30)18-9-5-4-8-17(18)22-27-16-21(32-22)19-10-6-7-11-20(19)26/h4-11,16H,12-15H2,1-3H3. The number of halogens is 1.